The van der Waals surface area contributed by atoms with Gasteiger partial charge in [0, 0.05) is 41.6 Å². The molecule has 0 aromatic heterocycles. The van der Waals surface area contributed by atoms with Crippen molar-refractivity contribution in [2.75, 3.05) is 26.7 Å². The molecule has 2 aromatic carbocycles. The first-order valence-corrected chi connectivity index (χ1v) is 12.2. The highest BCUT2D eigenvalue weighted by atomic mass is 35.5. The molecule has 0 radical (unpaired) electrons. The van der Waals surface area contributed by atoms with E-state index in [4.69, 9.17) is 11.6 Å². The van der Waals surface area contributed by atoms with Gasteiger partial charge >= 0.3 is 0 Å². The van der Waals surface area contributed by atoms with E-state index in [2.05, 4.69) is 41.5 Å². The van der Waals surface area contributed by atoms with Crippen molar-refractivity contribution in [1.29, 1.82) is 0 Å². The molecule has 1 saturated heterocycles. The number of hydrogen-bond donors (Lipinski definition) is 2. The maximum atomic E-state index is 13.2. The van der Waals surface area contributed by atoms with Crippen LogP contribution in [0, 0.1) is 5.92 Å². The van der Waals surface area contributed by atoms with E-state index >= 15 is 0 Å². The number of rotatable bonds is 9. The predicted molar refractivity (Wildman–Crippen MR) is 135 cm³/mol. The minimum absolute atomic E-state index is 0.0640. The third-order valence-corrected chi connectivity index (χ3v) is 7.51. The molecule has 1 heterocycles. The lowest BCUT2D eigenvalue weighted by Crippen LogP contribution is -2.47. The molecule has 0 aliphatic carbocycles. The molecule has 6 heteroatoms. The van der Waals surface area contributed by atoms with Crippen molar-refractivity contribution < 1.29 is 9.59 Å². The molecular formula is C27H36ClN3O2. The van der Waals surface area contributed by atoms with Crippen molar-refractivity contribution in [1.82, 2.24) is 15.5 Å². The molecule has 0 spiro atoms. The molecule has 0 saturated carbocycles. The molecule has 2 aromatic rings. The smallest absolute Gasteiger partial charge is 0.251 e. The number of carbonyl (C=O) groups is 2. The molecule has 1 fully saturated rings. The topological polar surface area (TPSA) is 61.4 Å². The van der Waals surface area contributed by atoms with Gasteiger partial charge in [-0.3, -0.25) is 14.5 Å². The van der Waals surface area contributed by atoms with Gasteiger partial charge in [0.2, 0.25) is 5.91 Å². The number of likely N-dealkylation sites (tertiary alicyclic amines) is 1. The van der Waals surface area contributed by atoms with Crippen LogP contribution < -0.4 is 10.6 Å². The van der Waals surface area contributed by atoms with Gasteiger partial charge in [0.25, 0.3) is 5.91 Å². The minimum Gasteiger partial charge on any atom is -0.355 e. The minimum atomic E-state index is -0.270. The number of halogens is 1. The maximum Gasteiger partial charge on any atom is 0.251 e. The average molecular weight is 470 g/mol. The summed E-state index contributed by atoms with van der Waals surface area (Å²) in [6.45, 7) is 8.87. The van der Waals surface area contributed by atoms with Crippen molar-refractivity contribution in [2.24, 2.45) is 5.92 Å². The average Bonchev–Trinajstić information content (AvgIpc) is 3.36. The summed E-state index contributed by atoms with van der Waals surface area (Å²) in [5, 5.41) is 6.44. The second-order valence-electron chi connectivity index (χ2n) is 9.54. The maximum absolute atomic E-state index is 13.2. The molecule has 33 heavy (non-hydrogen) atoms. The third kappa shape index (κ3) is 6.15. The van der Waals surface area contributed by atoms with Crippen LogP contribution in [-0.4, -0.2) is 49.4 Å². The number of nitrogens with zero attached hydrogens (tertiary/aromatic N) is 1. The molecule has 178 valence electrons. The molecule has 1 aliphatic rings. The van der Waals surface area contributed by atoms with Crippen LogP contribution >= 0.6 is 11.6 Å². The molecule has 1 aliphatic heterocycles. The summed E-state index contributed by atoms with van der Waals surface area (Å²) in [5.74, 6) is -0.259. The monoisotopic (exact) mass is 469 g/mol. The summed E-state index contributed by atoms with van der Waals surface area (Å²) < 4.78 is 0. The van der Waals surface area contributed by atoms with E-state index in [0.29, 0.717) is 17.1 Å². The molecule has 0 unspecified atom stereocenters. The largest absolute Gasteiger partial charge is 0.355 e. The van der Waals surface area contributed by atoms with Crippen molar-refractivity contribution >= 4 is 23.4 Å². The number of hydrogen-bond acceptors (Lipinski definition) is 3. The Hall–Kier alpha value is -2.37. The second kappa shape index (κ2) is 11.2. The van der Waals surface area contributed by atoms with Gasteiger partial charge in [-0.1, -0.05) is 68.8 Å². The Kier molecular flexibility index (Phi) is 8.55. The van der Waals surface area contributed by atoms with Crippen LogP contribution in [0.2, 0.25) is 5.02 Å². The first-order valence-electron chi connectivity index (χ1n) is 11.8. The third-order valence-electron chi connectivity index (χ3n) is 7.16. The Bertz CT molecular complexity index is 955. The summed E-state index contributed by atoms with van der Waals surface area (Å²) in [6.07, 6.45) is 3.07. The molecule has 0 bridgehead atoms. The van der Waals surface area contributed by atoms with Crippen LogP contribution in [0.25, 0.3) is 0 Å². The SMILES string of the molecule is CNC(=O)c1ccc(C[C@@H](CNC(=O)[C@@H](C)C(C)(C)c2ccccc2)N2CCCC2)c(Cl)c1. The van der Waals surface area contributed by atoms with Crippen LogP contribution in [-0.2, 0) is 16.6 Å². The van der Waals surface area contributed by atoms with Gasteiger partial charge in [0.1, 0.15) is 0 Å². The van der Waals surface area contributed by atoms with E-state index in [1.165, 1.54) is 12.8 Å². The van der Waals surface area contributed by atoms with E-state index in [-0.39, 0.29) is 29.2 Å². The molecule has 2 atom stereocenters. The number of benzene rings is 2. The Morgan fingerprint density at radius 1 is 1.09 bits per heavy atom. The van der Waals surface area contributed by atoms with E-state index in [1.54, 1.807) is 13.1 Å². The van der Waals surface area contributed by atoms with Crippen LogP contribution in [0.5, 0.6) is 0 Å². The molecule has 2 amide bonds. The Balaban J connectivity index is 1.69. The molecule has 3 rings (SSSR count). The van der Waals surface area contributed by atoms with Gasteiger partial charge in [-0.25, -0.2) is 0 Å². The van der Waals surface area contributed by atoms with Crippen LogP contribution in [0.4, 0.5) is 0 Å². The van der Waals surface area contributed by atoms with E-state index in [9.17, 15) is 9.59 Å². The number of nitrogens with one attached hydrogen (secondary N) is 2. The lowest BCUT2D eigenvalue weighted by molar-refractivity contribution is -0.126. The molecule has 2 N–H and O–H groups in total. The van der Waals surface area contributed by atoms with Crippen LogP contribution in [0.15, 0.2) is 48.5 Å². The predicted octanol–water partition coefficient (Wildman–Crippen LogP) is 4.44. The van der Waals surface area contributed by atoms with Gasteiger partial charge in [-0.05, 0) is 55.6 Å². The van der Waals surface area contributed by atoms with Crippen LogP contribution in [0.1, 0.15) is 55.1 Å². The molecular weight excluding hydrogens is 434 g/mol. The highest BCUT2D eigenvalue weighted by Crippen LogP contribution is 2.31. The Labute approximate surface area is 202 Å². The summed E-state index contributed by atoms with van der Waals surface area (Å²) in [4.78, 5) is 27.5. The van der Waals surface area contributed by atoms with E-state index in [1.807, 2.05) is 37.3 Å². The molecule has 5 nitrogen and oxygen atoms in total. The summed E-state index contributed by atoms with van der Waals surface area (Å²) >= 11 is 6.54. The zero-order valence-electron chi connectivity index (χ0n) is 20.2. The number of amides is 2. The summed E-state index contributed by atoms with van der Waals surface area (Å²) in [7, 11) is 1.61. The van der Waals surface area contributed by atoms with Crippen molar-refractivity contribution in [2.45, 2.75) is 51.5 Å². The quantitative estimate of drug-likeness (QED) is 0.570. The second-order valence-corrected chi connectivity index (χ2v) is 9.95. The summed E-state index contributed by atoms with van der Waals surface area (Å²) in [5.41, 5.74) is 2.43. The van der Waals surface area contributed by atoms with Gasteiger partial charge < -0.3 is 10.6 Å². The fourth-order valence-electron chi connectivity index (χ4n) is 4.51. The van der Waals surface area contributed by atoms with Gasteiger partial charge in [-0.2, -0.15) is 0 Å². The van der Waals surface area contributed by atoms with Gasteiger partial charge in [0.15, 0.2) is 0 Å². The van der Waals surface area contributed by atoms with Crippen molar-refractivity contribution in [3.05, 3.63) is 70.2 Å². The standard InChI is InChI=1S/C27H36ClN3O2/c1-19(27(2,3)22-10-6-5-7-11-22)25(32)30-18-23(31-14-8-9-15-31)16-20-12-13-21(17-24(20)28)26(33)29-4/h5-7,10-13,17,19,23H,8-9,14-16,18H2,1-4H3,(H,29,33)(H,30,32)/t19-,23+/m1/s1. The Morgan fingerprint density at radius 3 is 2.36 bits per heavy atom. The normalized spacial score (nSPS) is 16.3. The first kappa shape index (κ1) is 25.3. The van der Waals surface area contributed by atoms with Crippen molar-refractivity contribution in [3.63, 3.8) is 0 Å². The Morgan fingerprint density at radius 2 is 1.76 bits per heavy atom. The van der Waals surface area contributed by atoms with E-state index < -0.39 is 0 Å². The fourth-order valence-corrected chi connectivity index (χ4v) is 4.76. The van der Waals surface area contributed by atoms with Gasteiger partial charge in [0.05, 0.1) is 0 Å². The zero-order valence-corrected chi connectivity index (χ0v) is 20.9. The number of carbonyl (C=O) groups excluding carboxylic acids is 2. The van der Waals surface area contributed by atoms with E-state index in [0.717, 1.165) is 30.6 Å². The summed E-state index contributed by atoms with van der Waals surface area (Å²) in [6, 6.07) is 15.8. The van der Waals surface area contributed by atoms with Crippen LogP contribution in [0.3, 0.4) is 0 Å². The highest BCUT2D eigenvalue weighted by molar-refractivity contribution is 6.31. The highest BCUT2D eigenvalue weighted by Gasteiger charge is 2.33. The first-order chi connectivity index (χ1) is 15.7. The van der Waals surface area contributed by atoms with Gasteiger partial charge in [-0.15, -0.1) is 0 Å². The fraction of sp³-hybridized carbons (Fsp3) is 0.481. The lowest BCUT2D eigenvalue weighted by Gasteiger charge is -2.33. The lowest BCUT2D eigenvalue weighted by atomic mass is 9.74. The van der Waals surface area contributed by atoms with Crippen molar-refractivity contribution in [3.8, 4) is 0 Å². The zero-order chi connectivity index (χ0) is 24.0.